The van der Waals surface area contributed by atoms with Crippen LogP contribution >= 0.6 is 11.6 Å². The maximum atomic E-state index is 14.0. The van der Waals surface area contributed by atoms with Crippen LogP contribution in [0, 0.1) is 0 Å². The van der Waals surface area contributed by atoms with Gasteiger partial charge in [0.05, 0.1) is 7.11 Å². The average molecular weight is 547 g/mol. The topological polar surface area (TPSA) is 49.9 Å². The molecule has 2 amide bonds. The summed E-state index contributed by atoms with van der Waals surface area (Å²) in [7, 11) is 1.64. The van der Waals surface area contributed by atoms with Crippen molar-refractivity contribution in [1.82, 2.24) is 0 Å². The monoisotopic (exact) mass is 546 g/mol. The lowest BCUT2D eigenvalue weighted by atomic mass is 9.93. The van der Waals surface area contributed by atoms with E-state index in [1.54, 1.807) is 12.0 Å². The molecule has 3 aromatic carbocycles. The molecule has 206 valence electrons. The second kappa shape index (κ2) is 13.7. The van der Waals surface area contributed by atoms with E-state index in [2.05, 4.69) is 13.8 Å². The molecule has 0 N–H and O–H groups in total. The first kappa shape index (κ1) is 28.7. The Hall–Kier alpha value is -3.31. The maximum Gasteiger partial charge on any atom is 0.247 e. The lowest BCUT2D eigenvalue weighted by molar-refractivity contribution is -0.122. The summed E-state index contributed by atoms with van der Waals surface area (Å²) in [5.74, 6) is 0.988. The van der Waals surface area contributed by atoms with Crippen LogP contribution < -0.4 is 14.5 Å². The molecule has 0 spiro atoms. The van der Waals surface area contributed by atoms with Gasteiger partial charge in [-0.1, -0.05) is 69.0 Å². The van der Waals surface area contributed by atoms with Crippen molar-refractivity contribution in [2.24, 2.45) is 0 Å². The van der Waals surface area contributed by atoms with Gasteiger partial charge >= 0.3 is 0 Å². The van der Waals surface area contributed by atoms with Crippen LogP contribution in [0.25, 0.3) is 0 Å². The van der Waals surface area contributed by atoms with Crippen LogP contribution in [-0.2, 0) is 16.0 Å². The smallest absolute Gasteiger partial charge is 0.247 e. The van der Waals surface area contributed by atoms with Gasteiger partial charge in [0.1, 0.15) is 12.3 Å². The number of nitrogens with zero attached hydrogens (tertiary/aromatic N) is 2. The Morgan fingerprint density at radius 2 is 1.56 bits per heavy atom. The fraction of sp³-hybridized carbons (Fsp3) is 0.394. The Labute approximate surface area is 237 Å². The van der Waals surface area contributed by atoms with Crippen molar-refractivity contribution in [3.63, 3.8) is 0 Å². The zero-order valence-electron chi connectivity index (χ0n) is 23.2. The fourth-order valence-corrected chi connectivity index (χ4v) is 5.41. The van der Waals surface area contributed by atoms with E-state index in [1.165, 1.54) is 12.0 Å². The summed E-state index contributed by atoms with van der Waals surface area (Å²) >= 11 is 6.16. The molecule has 0 bridgehead atoms. The number of carbonyl (C=O) groups excluding carboxylic acids is 2. The van der Waals surface area contributed by atoms with Gasteiger partial charge in [-0.05, 0) is 84.8 Å². The van der Waals surface area contributed by atoms with Crippen molar-refractivity contribution in [1.29, 1.82) is 0 Å². The summed E-state index contributed by atoms with van der Waals surface area (Å²) in [6, 6.07) is 23.3. The van der Waals surface area contributed by atoms with E-state index in [1.807, 2.05) is 77.7 Å². The first-order valence-electron chi connectivity index (χ1n) is 14.0. The van der Waals surface area contributed by atoms with E-state index in [-0.39, 0.29) is 30.8 Å². The third kappa shape index (κ3) is 7.63. The molecule has 4 rings (SSSR count). The first-order chi connectivity index (χ1) is 18.9. The highest BCUT2D eigenvalue weighted by Gasteiger charge is 2.30. The molecule has 0 aromatic heterocycles. The highest BCUT2D eigenvalue weighted by molar-refractivity contribution is 6.30. The number of ether oxygens (including phenoxy) is 1. The van der Waals surface area contributed by atoms with Gasteiger partial charge in [-0.25, -0.2) is 0 Å². The summed E-state index contributed by atoms with van der Waals surface area (Å²) in [6.07, 6.45) is 6.16. The van der Waals surface area contributed by atoms with Gasteiger partial charge in [-0.2, -0.15) is 0 Å². The Morgan fingerprint density at radius 1 is 0.897 bits per heavy atom. The van der Waals surface area contributed by atoms with Crippen LogP contribution in [0.15, 0.2) is 72.8 Å². The number of benzene rings is 3. The number of anilines is 2. The van der Waals surface area contributed by atoms with E-state index in [0.29, 0.717) is 17.4 Å². The molecule has 3 aromatic rings. The molecule has 1 saturated carbocycles. The number of amides is 2. The van der Waals surface area contributed by atoms with Crippen molar-refractivity contribution < 1.29 is 14.3 Å². The molecular formula is C33H39ClN2O3. The molecule has 1 aliphatic carbocycles. The minimum Gasteiger partial charge on any atom is -0.497 e. The Bertz CT molecular complexity index is 1230. The standard InChI is InChI=1S/C33H39ClN2O3/c1-24(2)26-13-17-28(18-14-26)35(32(37)21-12-25-8-7-11-31(22-25)39-3)23-33(38)36(29-9-5-4-6-10-29)30-19-15-27(34)16-20-30/h7-8,11,13-20,22,24,29H,4-6,9-10,12,21,23H2,1-3H3. The lowest BCUT2D eigenvalue weighted by Gasteiger charge is -2.36. The predicted molar refractivity (Wildman–Crippen MR) is 160 cm³/mol. The van der Waals surface area contributed by atoms with Crippen molar-refractivity contribution in [3.8, 4) is 5.75 Å². The lowest BCUT2D eigenvalue weighted by Crippen LogP contribution is -2.48. The molecule has 0 aliphatic heterocycles. The predicted octanol–water partition coefficient (Wildman–Crippen LogP) is 7.80. The molecular weight excluding hydrogens is 508 g/mol. The molecule has 1 aliphatic rings. The number of aryl methyl sites for hydroxylation is 1. The highest BCUT2D eigenvalue weighted by atomic mass is 35.5. The van der Waals surface area contributed by atoms with Gasteiger partial charge < -0.3 is 14.5 Å². The van der Waals surface area contributed by atoms with Gasteiger partial charge in [-0.15, -0.1) is 0 Å². The maximum absolute atomic E-state index is 14.0. The summed E-state index contributed by atoms with van der Waals surface area (Å²) in [5, 5.41) is 0.634. The largest absolute Gasteiger partial charge is 0.497 e. The van der Waals surface area contributed by atoms with Gasteiger partial charge in [0, 0.05) is 28.9 Å². The molecule has 0 atom stereocenters. The highest BCUT2D eigenvalue weighted by Crippen LogP contribution is 2.30. The van der Waals surface area contributed by atoms with Crippen LogP contribution in [0.3, 0.4) is 0 Å². The Kier molecular flexibility index (Phi) is 10.0. The second-order valence-corrected chi connectivity index (χ2v) is 11.0. The number of hydrogen-bond acceptors (Lipinski definition) is 3. The van der Waals surface area contributed by atoms with E-state index in [9.17, 15) is 9.59 Å². The second-order valence-electron chi connectivity index (χ2n) is 10.6. The number of carbonyl (C=O) groups is 2. The van der Waals surface area contributed by atoms with Crippen LogP contribution in [0.5, 0.6) is 5.75 Å². The quantitative estimate of drug-likeness (QED) is 0.260. The Balaban J connectivity index is 1.60. The zero-order valence-corrected chi connectivity index (χ0v) is 24.0. The van der Waals surface area contributed by atoms with Gasteiger partial charge in [0.15, 0.2) is 0 Å². The molecule has 5 nitrogen and oxygen atoms in total. The SMILES string of the molecule is COc1cccc(CCC(=O)N(CC(=O)N(c2ccc(Cl)cc2)C2CCCCC2)c2ccc(C(C)C)cc2)c1. The third-order valence-corrected chi connectivity index (χ3v) is 7.79. The summed E-state index contributed by atoms with van der Waals surface area (Å²) < 4.78 is 5.34. The minimum absolute atomic E-state index is 0.0168. The zero-order chi connectivity index (χ0) is 27.8. The van der Waals surface area contributed by atoms with E-state index < -0.39 is 0 Å². The number of methoxy groups -OCH3 is 1. The normalized spacial score (nSPS) is 13.8. The van der Waals surface area contributed by atoms with Crippen molar-refractivity contribution in [2.45, 2.75) is 70.8 Å². The van der Waals surface area contributed by atoms with Crippen molar-refractivity contribution >= 4 is 34.8 Å². The summed E-state index contributed by atoms with van der Waals surface area (Å²) in [4.78, 5) is 31.3. The van der Waals surface area contributed by atoms with Gasteiger partial charge in [-0.3, -0.25) is 9.59 Å². The summed E-state index contributed by atoms with van der Waals surface area (Å²) in [6.45, 7) is 4.27. The molecule has 1 fully saturated rings. The molecule has 39 heavy (non-hydrogen) atoms. The van der Waals surface area contributed by atoms with E-state index in [0.717, 1.165) is 48.4 Å². The van der Waals surface area contributed by atoms with Gasteiger partial charge in [0.2, 0.25) is 11.8 Å². The Morgan fingerprint density at radius 3 is 2.21 bits per heavy atom. The van der Waals surface area contributed by atoms with Crippen molar-refractivity contribution in [2.75, 3.05) is 23.5 Å². The van der Waals surface area contributed by atoms with Gasteiger partial charge in [0.25, 0.3) is 0 Å². The third-order valence-electron chi connectivity index (χ3n) is 7.54. The first-order valence-corrected chi connectivity index (χ1v) is 14.3. The fourth-order valence-electron chi connectivity index (χ4n) is 5.29. The van der Waals surface area contributed by atoms with Crippen molar-refractivity contribution in [3.05, 3.63) is 88.9 Å². The molecule has 0 unspecified atom stereocenters. The molecule has 0 heterocycles. The number of rotatable bonds is 10. The van der Waals surface area contributed by atoms with E-state index in [4.69, 9.17) is 16.3 Å². The van der Waals surface area contributed by atoms with E-state index >= 15 is 0 Å². The summed E-state index contributed by atoms with van der Waals surface area (Å²) in [5.41, 5.74) is 3.78. The van der Waals surface area contributed by atoms with Crippen LogP contribution in [0.1, 0.15) is 69.4 Å². The average Bonchev–Trinajstić information content (AvgIpc) is 2.96. The molecule has 0 saturated heterocycles. The molecule has 0 radical (unpaired) electrons. The molecule has 6 heteroatoms. The number of hydrogen-bond donors (Lipinski definition) is 0. The number of halogens is 1. The van der Waals surface area contributed by atoms with Crippen LogP contribution in [0.2, 0.25) is 5.02 Å². The van der Waals surface area contributed by atoms with Crippen LogP contribution in [0.4, 0.5) is 11.4 Å². The van der Waals surface area contributed by atoms with Crippen LogP contribution in [-0.4, -0.2) is 31.5 Å². The minimum atomic E-state index is -0.0804.